The van der Waals surface area contributed by atoms with Crippen LogP contribution >= 0.6 is 15.9 Å². The summed E-state index contributed by atoms with van der Waals surface area (Å²) in [7, 11) is 1.21. The van der Waals surface area contributed by atoms with E-state index < -0.39 is 29.6 Å². The normalized spacial score (nSPS) is 14.0. The fourth-order valence-electron chi connectivity index (χ4n) is 3.33. The van der Waals surface area contributed by atoms with Gasteiger partial charge in [-0.15, -0.1) is 0 Å². The molecule has 10 nitrogen and oxygen atoms in total. The summed E-state index contributed by atoms with van der Waals surface area (Å²) in [6.07, 6.45) is 1.47. The van der Waals surface area contributed by atoms with Crippen molar-refractivity contribution in [3.63, 3.8) is 0 Å². The maximum atomic E-state index is 13.7. The highest BCUT2D eigenvalue weighted by molar-refractivity contribution is 9.10. The smallest absolute Gasteiger partial charge is 0.373 e. The molecule has 0 radical (unpaired) electrons. The van der Waals surface area contributed by atoms with Gasteiger partial charge in [0, 0.05) is 0 Å². The maximum Gasteiger partial charge on any atom is 0.373 e. The largest absolute Gasteiger partial charge is 0.483 e. The highest BCUT2D eigenvalue weighted by Crippen LogP contribution is 2.28. The Morgan fingerprint density at radius 1 is 1.16 bits per heavy atom. The Labute approximate surface area is 218 Å². The molecule has 0 bridgehead atoms. The van der Waals surface area contributed by atoms with E-state index in [4.69, 9.17) is 9.15 Å². The average Bonchev–Trinajstić information content (AvgIpc) is 3.45. The molecule has 37 heavy (non-hydrogen) atoms. The molecule has 0 unspecified atom stereocenters. The van der Waals surface area contributed by atoms with Crippen LogP contribution in [-0.4, -0.2) is 42.4 Å². The summed E-state index contributed by atoms with van der Waals surface area (Å²) >= 11 is 3.35. The van der Waals surface area contributed by atoms with Crippen LogP contribution in [0, 0.1) is 5.82 Å². The van der Waals surface area contributed by atoms with Gasteiger partial charge in [0.15, 0.2) is 6.61 Å². The number of ether oxygens (including phenoxy) is 2. The fraction of sp³-hybridized carbons (Fsp3) is 0.120. The topological polar surface area (TPSA) is 127 Å². The summed E-state index contributed by atoms with van der Waals surface area (Å²) in [5.74, 6) is -1.83. The molecule has 1 aliphatic heterocycles. The van der Waals surface area contributed by atoms with Crippen LogP contribution in [0.1, 0.15) is 21.9 Å². The zero-order valence-corrected chi connectivity index (χ0v) is 20.8. The van der Waals surface area contributed by atoms with Gasteiger partial charge >= 0.3 is 12.0 Å². The number of furan rings is 1. The van der Waals surface area contributed by atoms with Crippen LogP contribution in [-0.2, 0) is 20.9 Å². The number of esters is 1. The molecular weight excluding hydrogens is 553 g/mol. The number of carbonyl (C=O) groups excluding carboxylic acids is 4. The van der Waals surface area contributed by atoms with Crippen molar-refractivity contribution in [1.29, 1.82) is 0 Å². The number of halogens is 2. The van der Waals surface area contributed by atoms with Gasteiger partial charge in [0.2, 0.25) is 5.76 Å². The number of urea groups is 1. The Kier molecular flexibility index (Phi) is 7.68. The van der Waals surface area contributed by atoms with Gasteiger partial charge in [0.25, 0.3) is 11.8 Å². The second kappa shape index (κ2) is 11.1. The minimum absolute atomic E-state index is 0.0366. The van der Waals surface area contributed by atoms with E-state index in [0.29, 0.717) is 15.8 Å². The summed E-state index contributed by atoms with van der Waals surface area (Å²) in [4.78, 5) is 49.6. The molecule has 1 fully saturated rings. The molecule has 1 aromatic heterocycles. The second-order valence-corrected chi connectivity index (χ2v) is 8.50. The van der Waals surface area contributed by atoms with Gasteiger partial charge in [0.05, 0.1) is 23.8 Å². The Balaban J connectivity index is 1.38. The second-order valence-electron chi connectivity index (χ2n) is 7.64. The molecule has 1 saturated heterocycles. The Morgan fingerprint density at radius 3 is 2.68 bits per heavy atom. The maximum absolute atomic E-state index is 13.7. The number of carbonyl (C=O) groups is 4. The van der Waals surface area contributed by atoms with Crippen LogP contribution in [0.3, 0.4) is 0 Å². The first-order valence-corrected chi connectivity index (χ1v) is 11.5. The van der Waals surface area contributed by atoms with Gasteiger partial charge in [-0.05, 0) is 64.0 Å². The standard InChI is InChI=1S/C25H19BrFN3O7/c1-35-24(33)21-9-7-15(37-21)12-30-23(32)19(29-25(30)34)11-14-6-8-20(16(26)10-14)36-13-22(31)28-18-5-3-2-4-17(18)27/h2-11H,12-13H2,1H3,(H,28,31)(H,29,34)/b19-11-. The molecule has 3 aromatic rings. The fourth-order valence-corrected chi connectivity index (χ4v) is 3.84. The van der Waals surface area contributed by atoms with E-state index in [9.17, 15) is 23.6 Å². The lowest BCUT2D eigenvalue weighted by atomic mass is 10.2. The number of rotatable bonds is 8. The zero-order valence-electron chi connectivity index (χ0n) is 19.2. The van der Waals surface area contributed by atoms with Crippen LogP contribution in [0.25, 0.3) is 6.08 Å². The predicted molar refractivity (Wildman–Crippen MR) is 132 cm³/mol. The number of nitrogens with one attached hydrogen (secondary N) is 2. The Morgan fingerprint density at radius 2 is 1.95 bits per heavy atom. The van der Waals surface area contributed by atoms with Gasteiger partial charge in [0.1, 0.15) is 23.0 Å². The summed E-state index contributed by atoms with van der Waals surface area (Å²) in [5, 5.41) is 4.92. The van der Waals surface area contributed by atoms with Crippen LogP contribution < -0.4 is 15.4 Å². The van der Waals surface area contributed by atoms with Crippen molar-refractivity contribution in [2.45, 2.75) is 6.54 Å². The van der Waals surface area contributed by atoms with Gasteiger partial charge in [-0.2, -0.15) is 0 Å². The molecule has 0 saturated carbocycles. The van der Waals surface area contributed by atoms with E-state index in [1.54, 1.807) is 24.3 Å². The number of hydrogen-bond acceptors (Lipinski definition) is 7. The summed E-state index contributed by atoms with van der Waals surface area (Å²) < 4.78 is 29.5. The Hall–Kier alpha value is -4.45. The van der Waals surface area contributed by atoms with Crippen molar-refractivity contribution in [2.24, 2.45) is 0 Å². The summed E-state index contributed by atoms with van der Waals surface area (Å²) in [5.41, 5.74) is 0.645. The summed E-state index contributed by atoms with van der Waals surface area (Å²) in [6.45, 7) is -0.536. The van der Waals surface area contributed by atoms with Gasteiger partial charge in [-0.1, -0.05) is 18.2 Å². The van der Waals surface area contributed by atoms with Crippen molar-refractivity contribution >= 4 is 51.5 Å². The number of anilines is 1. The molecular formula is C25H19BrFN3O7. The quantitative estimate of drug-likeness (QED) is 0.237. The van der Waals surface area contributed by atoms with Crippen molar-refractivity contribution in [2.75, 3.05) is 19.0 Å². The lowest BCUT2D eigenvalue weighted by molar-refractivity contribution is -0.123. The third-order valence-electron chi connectivity index (χ3n) is 5.10. The molecule has 190 valence electrons. The first kappa shape index (κ1) is 25.6. The van der Waals surface area contributed by atoms with Crippen LogP contribution in [0.2, 0.25) is 0 Å². The molecule has 4 amide bonds. The molecule has 4 rings (SSSR count). The highest BCUT2D eigenvalue weighted by Gasteiger charge is 2.34. The van der Waals surface area contributed by atoms with Gasteiger partial charge in [-0.25, -0.2) is 14.0 Å². The summed E-state index contributed by atoms with van der Waals surface area (Å²) in [6, 6.07) is 12.8. The molecule has 0 atom stereocenters. The van der Waals surface area contributed by atoms with E-state index in [2.05, 4.69) is 31.3 Å². The van der Waals surface area contributed by atoms with E-state index in [1.807, 2.05) is 0 Å². The van der Waals surface area contributed by atoms with E-state index in [-0.39, 0.29) is 36.1 Å². The number of hydrogen-bond donors (Lipinski definition) is 2. The van der Waals surface area contributed by atoms with Crippen LogP contribution in [0.4, 0.5) is 14.9 Å². The molecule has 2 aromatic carbocycles. The number of para-hydroxylation sites is 1. The number of methoxy groups -OCH3 is 1. The third kappa shape index (κ3) is 6.04. The van der Waals surface area contributed by atoms with Crippen molar-refractivity contribution in [3.05, 3.63) is 87.7 Å². The molecule has 2 N–H and O–H groups in total. The average molecular weight is 572 g/mol. The van der Waals surface area contributed by atoms with E-state index in [0.717, 1.165) is 4.90 Å². The number of amides is 4. The minimum Gasteiger partial charge on any atom is -0.483 e. The van der Waals surface area contributed by atoms with Crippen LogP contribution in [0.5, 0.6) is 5.75 Å². The van der Waals surface area contributed by atoms with Gasteiger partial charge in [-0.3, -0.25) is 14.5 Å². The highest BCUT2D eigenvalue weighted by atomic mass is 79.9. The van der Waals surface area contributed by atoms with Crippen molar-refractivity contribution < 1.29 is 37.5 Å². The van der Waals surface area contributed by atoms with Crippen LogP contribution in [0.15, 0.2) is 69.2 Å². The first-order valence-electron chi connectivity index (χ1n) is 10.7. The van der Waals surface area contributed by atoms with Crippen molar-refractivity contribution in [3.8, 4) is 5.75 Å². The Bertz CT molecular complexity index is 1420. The monoisotopic (exact) mass is 571 g/mol. The lowest BCUT2D eigenvalue weighted by Gasteiger charge is -2.10. The number of nitrogens with zero attached hydrogens (tertiary/aromatic N) is 1. The third-order valence-corrected chi connectivity index (χ3v) is 5.72. The molecule has 0 spiro atoms. The molecule has 2 heterocycles. The molecule has 12 heteroatoms. The van der Waals surface area contributed by atoms with Crippen molar-refractivity contribution in [1.82, 2.24) is 10.2 Å². The SMILES string of the molecule is COC(=O)c1ccc(CN2C(=O)N/C(=C\c3ccc(OCC(=O)Nc4ccccc4F)c(Br)c3)C2=O)o1. The van der Waals surface area contributed by atoms with Gasteiger partial charge < -0.3 is 24.5 Å². The minimum atomic E-state index is -0.673. The number of benzene rings is 2. The molecule has 1 aliphatic rings. The van der Waals surface area contributed by atoms with E-state index >= 15 is 0 Å². The van der Waals surface area contributed by atoms with E-state index in [1.165, 1.54) is 43.5 Å². The predicted octanol–water partition coefficient (Wildman–Crippen LogP) is 4.08. The zero-order chi connectivity index (χ0) is 26.5. The lowest BCUT2D eigenvalue weighted by Crippen LogP contribution is -2.30. The first-order chi connectivity index (χ1) is 17.7. The number of imide groups is 1. The molecule has 0 aliphatic carbocycles.